The van der Waals surface area contributed by atoms with Gasteiger partial charge in [0.15, 0.2) is 6.10 Å². The zero-order valence-electron chi connectivity index (χ0n) is 16.0. The summed E-state index contributed by atoms with van der Waals surface area (Å²) in [5.41, 5.74) is 2.79. The maximum absolute atomic E-state index is 12.2. The first-order valence-electron chi connectivity index (χ1n) is 9.33. The first-order valence-corrected chi connectivity index (χ1v) is 9.33. The second-order valence-electron chi connectivity index (χ2n) is 6.52. The summed E-state index contributed by atoms with van der Waals surface area (Å²) in [6.07, 6.45) is 3.10. The Morgan fingerprint density at radius 2 is 1.71 bits per heavy atom. The number of ether oxygens (including phenoxy) is 1. The van der Waals surface area contributed by atoms with Crippen LogP contribution in [-0.2, 0) is 20.7 Å². The molecule has 0 unspecified atom stereocenters. The third-order valence-corrected chi connectivity index (χ3v) is 4.51. The predicted octanol–water partition coefficient (Wildman–Crippen LogP) is 4.99. The van der Waals surface area contributed by atoms with Crippen molar-refractivity contribution in [2.24, 2.45) is 0 Å². The SMILES string of the molecule is CCc1ccc(NC(=O)[C@H](C)OC(=O)/C=C/c2cccc3ccccc23)cc1. The molecule has 0 heterocycles. The molecule has 1 amide bonds. The number of hydrogen-bond donors (Lipinski definition) is 1. The fraction of sp³-hybridized carbons (Fsp3) is 0.167. The summed E-state index contributed by atoms with van der Waals surface area (Å²) < 4.78 is 5.23. The Bertz CT molecular complexity index is 1000. The molecular formula is C24H23NO3. The van der Waals surface area contributed by atoms with Gasteiger partial charge in [-0.3, -0.25) is 4.79 Å². The summed E-state index contributed by atoms with van der Waals surface area (Å²) in [4.78, 5) is 24.4. The van der Waals surface area contributed by atoms with E-state index < -0.39 is 12.1 Å². The highest BCUT2D eigenvalue weighted by Crippen LogP contribution is 2.19. The topological polar surface area (TPSA) is 55.4 Å². The van der Waals surface area contributed by atoms with Crippen LogP contribution in [0.5, 0.6) is 0 Å². The number of carbonyl (C=O) groups excluding carboxylic acids is 2. The van der Waals surface area contributed by atoms with E-state index in [1.54, 1.807) is 13.0 Å². The van der Waals surface area contributed by atoms with Crippen LogP contribution in [0.25, 0.3) is 16.8 Å². The summed E-state index contributed by atoms with van der Waals surface area (Å²) in [6.45, 7) is 3.63. The number of esters is 1. The Kier molecular flexibility index (Phi) is 6.22. The molecule has 0 saturated heterocycles. The third-order valence-electron chi connectivity index (χ3n) is 4.51. The number of aryl methyl sites for hydroxylation is 1. The van der Waals surface area contributed by atoms with E-state index in [1.807, 2.05) is 66.7 Å². The molecule has 4 heteroatoms. The van der Waals surface area contributed by atoms with Gasteiger partial charge in [0.1, 0.15) is 0 Å². The predicted molar refractivity (Wildman–Crippen MR) is 113 cm³/mol. The summed E-state index contributed by atoms with van der Waals surface area (Å²) >= 11 is 0. The number of carbonyl (C=O) groups is 2. The Balaban J connectivity index is 1.60. The molecule has 0 spiro atoms. The second-order valence-corrected chi connectivity index (χ2v) is 6.52. The maximum atomic E-state index is 12.2. The lowest BCUT2D eigenvalue weighted by molar-refractivity contribution is -0.148. The molecule has 1 N–H and O–H groups in total. The van der Waals surface area contributed by atoms with Crippen molar-refractivity contribution >= 4 is 34.4 Å². The summed E-state index contributed by atoms with van der Waals surface area (Å²) in [5, 5.41) is 4.90. The molecule has 0 radical (unpaired) electrons. The minimum Gasteiger partial charge on any atom is -0.449 e. The molecule has 0 aliphatic heterocycles. The van der Waals surface area contributed by atoms with E-state index in [1.165, 1.54) is 11.6 Å². The van der Waals surface area contributed by atoms with Gasteiger partial charge in [-0.15, -0.1) is 0 Å². The van der Waals surface area contributed by atoms with E-state index in [4.69, 9.17) is 4.74 Å². The van der Waals surface area contributed by atoms with Gasteiger partial charge in [-0.2, -0.15) is 0 Å². The van der Waals surface area contributed by atoms with Crippen molar-refractivity contribution in [1.82, 2.24) is 0 Å². The van der Waals surface area contributed by atoms with Gasteiger partial charge in [-0.25, -0.2) is 4.79 Å². The Hall–Kier alpha value is -3.40. The smallest absolute Gasteiger partial charge is 0.331 e. The number of nitrogens with one attached hydrogen (secondary N) is 1. The molecule has 0 aromatic heterocycles. The lowest BCUT2D eigenvalue weighted by Crippen LogP contribution is -2.29. The summed E-state index contributed by atoms with van der Waals surface area (Å²) in [7, 11) is 0. The second kappa shape index (κ2) is 9.00. The molecule has 0 bridgehead atoms. The fourth-order valence-corrected chi connectivity index (χ4v) is 2.89. The molecule has 28 heavy (non-hydrogen) atoms. The van der Waals surface area contributed by atoms with E-state index in [0.29, 0.717) is 5.69 Å². The molecule has 142 valence electrons. The Morgan fingerprint density at radius 3 is 2.46 bits per heavy atom. The molecule has 4 nitrogen and oxygen atoms in total. The van der Waals surface area contributed by atoms with E-state index in [2.05, 4.69) is 12.2 Å². The molecule has 0 aliphatic rings. The zero-order valence-corrected chi connectivity index (χ0v) is 16.0. The van der Waals surface area contributed by atoms with E-state index in [-0.39, 0.29) is 5.91 Å². The van der Waals surface area contributed by atoms with E-state index in [0.717, 1.165) is 22.8 Å². The van der Waals surface area contributed by atoms with Crippen molar-refractivity contribution in [2.75, 3.05) is 5.32 Å². The van der Waals surface area contributed by atoms with Gasteiger partial charge < -0.3 is 10.1 Å². The van der Waals surface area contributed by atoms with Crippen molar-refractivity contribution in [3.8, 4) is 0 Å². The number of amides is 1. The maximum Gasteiger partial charge on any atom is 0.331 e. The highest BCUT2D eigenvalue weighted by molar-refractivity contribution is 5.98. The van der Waals surface area contributed by atoms with Crippen LogP contribution in [0, 0.1) is 0 Å². The van der Waals surface area contributed by atoms with Gasteiger partial charge in [-0.05, 0) is 53.5 Å². The summed E-state index contributed by atoms with van der Waals surface area (Å²) in [6, 6.07) is 21.4. The lowest BCUT2D eigenvalue weighted by atomic mass is 10.0. The molecule has 0 aliphatic carbocycles. The van der Waals surface area contributed by atoms with Gasteiger partial charge in [-0.1, -0.05) is 61.5 Å². The van der Waals surface area contributed by atoms with Crippen molar-refractivity contribution in [3.05, 3.63) is 83.9 Å². The van der Waals surface area contributed by atoms with Crippen molar-refractivity contribution in [2.45, 2.75) is 26.4 Å². The van der Waals surface area contributed by atoms with Crippen molar-refractivity contribution in [3.63, 3.8) is 0 Å². The first-order chi connectivity index (χ1) is 13.6. The van der Waals surface area contributed by atoms with Crippen LogP contribution in [0.4, 0.5) is 5.69 Å². The minimum absolute atomic E-state index is 0.365. The first kappa shape index (κ1) is 19.4. The van der Waals surface area contributed by atoms with Crippen LogP contribution < -0.4 is 5.32 Å². The molecule has 3 aromatic rings. The zero-order chi connectivity index (χ0) is 19.9. The van der Waals surface area contributed by atoms with E-state index in [9.17, 15) is 9.59 Å². The number of benzene rings is 3. The van der Waals surface area contributed by atoms with Gasteiger partial charge in [0, 0.05) is 11.8 Å². The van der Waals surface area contributed by atoms with Crippen molar-refractivity contribution in [1.29, 1.82) is 0 Å². The fourth-order valence-electron chi connectivity index (χ4n) is 2.89. The van der Waals surface area contributed by atoms with Gasteiger partial charge in [0.2, 0.25) is 0 Å². The third kappa shape index (κ3) is 4.86. The molecule has 3 rings (SSSR count). The minimum atomic E-state index is -0.893. The normalized spacial score (nSPS) is 12.1. The number of anilines is 1. The van der Waals surface area contributed by atoms with E-state index >= 15 is 0 Å². The summed E-state index contributed by atoms with van der Waals surface area (Å²) in [5.74, 6) is -0.923. The van der Waals surface area contributed by atoms with Gasteiger partial charge in [0.25, 0.3) is 5.91 Å². The van der Waals surface area contributed by atoms with Crippen LogP contribution in [0.2, 0.25) is 0 Å². The highest BCUT2D eigenvalue weighted by Gasteiger charge is 2.16. The average Bonchev–Trinajstić information content (AvgIpc) is 2.72. The number of hydrogen-bond acceptors (Lipinski definition) is 3. The van der Waals surface area contributed by atoms with Crippen molar-refractivity contribution < 1.29 is 14.3 Å². The molecule has 3 aromatic carbocycles. The van der Waals surface area contributed by atoms with Crippen LogP contribution in [0.15, 0.2) is 72.8 Å². The number of rotatable bonds is 6. The number of fused-ring (bicyclic) bond motifs is 1. The van der Waals surface area contributed by atoms with Crippen LogP contribution in [-0.4, -0.2) is 18.0 Å². The Labute approximate surface area is 164 Å². The van der Waals surface area contributed by atoms with Gasteiger partial charge >= 0.3 is 5.97 Å². The van der Waals surface area contributed by atoms with Gasteiger partial charge in [0.05, 0.1) is 0 Å². The molecular weight excluding hydrogens is 350 g/mol. The van der Waals surface area contributed by atoms with Crippen LogP contribution >= 0.6 is 0 Å². The molecule has 0 fully saturated rings. The molecule has 0 saturated carbocycles. The highest BCUT2D eigenvalue weighted by atomic mass is 16.5. The largest absolute Gasteiger partial charge is 0.449 e. The average molecular weight is 373 g/mol. The van der Waals surface area contributed by atoms with Crippen LogP contribution in [0.1, 0.15) is 25.0 Å². The van der Waals surface area contributed by atoms with Crippen LogP contribution in [0.3, 0.4) is 0 Å². The monoisotopic (exact) mass is 373 g/mol. The lowest BCUT2D eigenvalue weighted by Gasteiger charge is -2.12. The molecule has 1 atom stereocenters. The Morgan fingerprint density at radius 1 is 1.00 bits per heavy atom. The standard InChI is InChI=1S/C24H23NO3/c1-3-18-11-14-21(15-12-18)25-24(27)17(2)28-23(26)16-13-20-9-6-8-19-7-4-5-10-22(19)20/h4-17H,3H2,1-2H3,(H,25,27)/b16-13+/t17-/m0/s1. The quantitative estimate of drug-likeness (QED) is 0.489.